The van der Waals surface area contributed by atoms with Crippen molar-refractivity contribution in [2.75, 3.05) is 19.6 Å². The van der Waals surface area contributed by atoms with Gasteiger partial charge in [0.1, 0.15) is 0 Å². The van der Waals surface area contributed by atoms with E-state index < -0.39 is 0 Å². The van der Waals surface area contributed by atoms with Crippen molar-refractivity contribution in [3.63, 3.8) is 0 Å². The Morgan fingerprint density at radius 1 is 1.07 bits per heavy atom. The van der Waals surface area contributed by atoms with E-state index in [1.165, 1.54) is 32.5 Å². The normalized spacial score (nSPS) is 20.8. The van der Waals surface area contributed by atoms with Crippen LogP contribution in [0.4, 0.5) is 0 Å². The molecule has 2 nitrogen and oxygen atoms in total. The van der Waals surface area contributed by atoms with Gasteiger partial charge in [0.2, 0.25) is 0 Å². The summed E-state index contributed by atoms with van der Waals surface area (Å²) in [6.07, 6.45) is 2.37. The highest BCUT2D eigenvalue weighted by molar-refractivity contribution is 4.78. The SMILES string of the molecule is CC(C)C(CN1CCC(N)CC1)C(C)C. The summed E-state index contributed by atoms with van der Waals surface area (Å²) in [6, 6.07) is 0.456. The Kier molecular flexibility index (Phi) is 5.07. The van der Waals surface area contributed by atoms with Crippen LogP contribution in [0, 0.1) is 17.8 Å². The van der Waals surface area contributed by atoms with E-state index in [0.29, 0.717) is 6.04 Å². The van der Waals surface area contributed by atoms with Crippen molar-refractivity contribution in [3.05, 3.63) is 0 Å². The van der Waals surface area contributed by atoms with Crippen LogP contribution in [-0.4, -0.2) is 30.6 Å². The number of likely N-dealkylation sites (tertiary alicyclic amines) is 1. The van der Waals surface area contributed by atoms with Gasteiger partial charge in [-0.25, -0.2) is 0 Å². The first-order valence-corrected chi connectivity index (χ1v) is 6.48. The third-order valence-corrected chi connectivity index (χ3v) is 3.81. The van der Waals surface area contributed by atoms with Gasteiger partial charge in [-0.05, 0) is 43.7 Å². The molecule has 0 bridgehead atoms. The first-order chi connectivity index (χ1) is 7.00. The van der Waals surface area contributed by atoms with E-state index in [-0.39, 0.29) is 0 Å². The van der Waals surface area contributed by atoms with Crippen LogP contribution in [0.5, 0.6) is 0 Å². The molecular weight excluding hydrogens is 184 g/mol. The molecule has 0 aromatic rings. The largest absolute Gasteiger partial charge is 0.328 e. The third-order valence-electron chi connectivity index (χ3n) is 3.81. The minimum atomic E-state index is 0.456. The van der Waals surface area contributed by atoms with Gasteiger partial charge in [0.15, 0.2) is 0 Å². The Morgan fingerprint density at radius 2 is 1.53 bits per heavy atom. The smallest absolute Gasteiger partial charge is 0.00631 e. The van der Waals surface area contributed by atoms with Gasteiger partial charge in [-0.3, -0.25) is 0 Å². The molecular formula is C13H28N2. The second-order valence-electron chi connectivity index (χ2n) is 5.79. The highest BCUT2D eigenvalue weighted by Crippen LogP contribution is 2.23. The van der Waals surface area contributed by atoms with Gasteiger partial charge in [-0.1, -0.05) is 27.7 Å². The molecule has 0 spiro atoms. The van der Waals surface area contributed by atoms with Crippen molar-refractivity contribution < 1.29 is 0 Å². The lowest BCUT2D eigenvalue weighted by Gasteiger charge is -2.35. The van der Waals surface area contributed by atoms with Gasteiger partial charge in [0, 0.05) is 12.6 Å². The summed E-state index contributed by atoms with van der Waals surface area (Å²) in [5.74, 6) is 2.42. The number of hydrogen-bond acceptors (Lipinski definition) is 2. The fraction of sp³-hybridized carbons (Fsp3) is 1.00. The fourth-order valence-corrected chi connectivity index (χ4v) is 2.63. The molecule has 1 fully saturated rings. The molecule has 0 amide bonds. The molecule has 2 N–H and O–H groups in total. The van der Waals surface area contributed by atoms with Crippen molar-refractivity contribution in [2.45, 2.75) is 46.6 Å². The Morgan fingerprint density at radius 3 is 1.93 bits per heavy atom. The van der Waals surface area contributed by atoms with Crippen LogP contribution < -0.4 is 5.73 Å². The first kappa shape index (κ1) is 13.0. The van der Waals surface area contributed by atoms with Gasteiger partial charge >= 0.3 is 0 Å². The van der Waals surface area contributed by atoms with E-state index in [1.54, 1.807) is 0 Å². The molecule has 1 saturated heterocycles. The van der Waals surface area contributed by atoms with E-state index in [2.05, 4.69) is 32.6 Å². The maximum absolute atomic E-state index is 5.92. The molecule has 0 unspecified atom stereocenters. The third kappa shape index (κ3) is 4.12. The minimum Gasteiger partial charge on any atom is -0.328 e. The van der Waals surface area contributed by atoms with Crippen LogP contribution in [0.3, 0.4) is 0 Å². The van der Waals surface area contributed by atoms with Crippen molar-refractivity contribution in [3.8, 4) is 0 Å². The number of nitrogens with zero attached hydrogens (tertiary/aromatic N) is 1. The number of piperidine rings is 1. The predicted octanol–water partition coefficient (Wildman–Crippen LogP) is 2.34. The van der Waals surface area contributed by atoms with E-state index in [4.69, 9.17) is 5.73 Å². The molecule has 1 aliphatic rings. The molecule has 1 rings (SSSR count). The van der Waals surface area contributed by atoms with E-state index in [9.17, 15) is 0 Å². The molecule has 0 aliphatic carbocycles. The summed E-state index contributed by atoms with van der Waals surface area (Å²) in [4.78, 5) is 2.61. The van der Waals surface area contributed by atoms with Gasteiger partial charge < -0.3 is 10.6 Å². The standard InChI is InChI=1S/C13H28N2/c1-10(2)13(11(3)4)9-15-7-5-12(14)6-8-15/h10-13H,5-9,14H2,1-4H3. The average molecular weight is 212 g/mol. The second kappa shape index (κ2) is 5.86. The summed E-state index contributed by atoms with van der Waals surface area (Å²) < 4.78 is 0. The van der Waals surface area contributed by atoms with Gasteiger partial charge in [0.25, 0.3) is 0 Å². The number of nitrogens with two attached hydrogens (primary N) is 1. The Labute approximate surface area is 95.2 Å². The molecule has 0 radical (unpaired) electrons. The average Bonchev–Trinajstić information content (AvgIpc) is 2.15. The molecule has 0 aromatic heterocycles. The van der Waals surface area contributed by atoms with E-state index in [1.807, 2.05) is 0 Å². The molecule has 2 heteroatoms. The lowest BCUT2D eigenvalue weighted by atomic mass is 9.84. The quantitative estimate of drug-likeness (QED) is 0.775. The van der Waals surface area contributed by atoms with Crippen LogP contribution in [0.25, 0.3) is 0 Å². The molecule has 0 saturated carbocycles. The summed E-state index contributed by atoms with van der Waals surface area (Å²) >= 11 is 0. The van der Waals surface area contributed by atoms with Crippen molar-refractivity contribution in [1.82, 2.24) is 4.90 Å². The van der Waals surface area contributed by atoms with Crippen LogP contribution in [0.1, 0.15) is 40.5 Å². The number of rotatable bonds is 4. The van der Waals surface area contributed by atoms with Crippen LogP contribution >= 0.6 is 0 Å². The topological polar surface area (TPSA) is 29.3 Å². The molecule has 90 valence electrons. The van der Waals surface area contributed by atoms with Gasteiger partial charge in [-0.2, -0.15) is 0 Å². The van der Waals surface area contributed by atoms with Gasteiger partial charge in [0.05, 0.1) is 0 Å². The maximum Gasteiger partial charge on any atom is 0.00631 e. The van der Waals surface area contributed by atoms with E-state index in [0.717, 1.165) is 17.8 Å². The monoisotopic (exact) mass is 212 g/mol. The summed E-state index contributed by atoms with van der Waals surface area (Å²) in [5, 5.41) is 0. The highest BCUT2D eigenvalue weighted by Gasteiger charge is 2.23. The summed E-state index contributed by atoms with van der Waals surface area (Å²) in [6.45, 7) is 13.1. The Bertz CT molecular complexity index is 161. The van der Waals surface area contributed by atoms with Crippen molar-refractivity contribution in [2.24, 2.45) is 23.5 Å². The summed E-state index contributed by atoms with van der Waals surface area (Å²) in [7, 11) is 0. The summed E-state index contributed by atoms with van der Waals surface area (Å²) in [5.41, 5.74) is 5.92. The molecule has 0 atom stereocenters. The minimum absolute atomic E-state index is 0.456. The predicted molar refractivity (Wildman–Crippen MR) is 66.8 cm³/mol. The molecule has 1 heterocycles. The zero-order chi connectivity index (χ0) is 11.4. The van der Waals surface area contributed by atoms with Crippen LogP contribution in [0.2, 0.25) is 0 Å². The van der Waals surface area contributed by atoms with E-state index >= 15 is 0 Å². The van der Waals surface area contributed by atoms with Crippen molar-refractivity contribution in [1.29, 1.82) is 0 Å². The lowest BCUT2D eigenvalue weighted by molar-refractivity contribution is 0.139. The van der Waals surface area contributed by atoms with Gasteiger partial charge in [-0.15, -0.1) is 0 Å². The molecule has 1 aliphatic heterocycles. The zero-order valence-corrected chi connectivity index (χ0v) is 10.9. The lowest BCUT2D eigenvalue weighted by Crippen LogP contribution is -2.43. The molecule has 15 heavy (non-hydrogen) atoms. The Hall–Kier alpha value is -0.0800. The second-order valence-corrected chi connectivity index (χ2v) is 5.79. The zero-order valence-electron chi connectivity index (χ0n) is 10.9. The van der Waals surface area contributed by atoms with Crippen LogP contribution in [-0.2, 0) is 0 Å². The molecule has 0 aromatic carbocycles. The first-order valence-electron chi connectivity index (χ1n) is 6.48. The number of hydrogen-bond donors (Lipinski definition) is 1. The highest BCUT2D eigenvalue weighted by atomic mass is 15.1. The van der Waals surface area contributed by atoms with Crippen molar-refractivity contribution >= 4 is 0 Å². The fourth-order valence-electron chi connectivity index (χ4n) is 2.63. The van der Waals surface area contributed by atoms with Crippen LogP contribution in [0.15, 0.2) is 0 Å². The maximum atomic E-state index is 5.92. The Balaban J connectivity index is 2.38.